The average molecular weight is 434 g/mol. The number of rotatable bonds is 9. The fourth-order valence-corrected chi connectivity index (χ4v) is 4.02. The van der Waals surface area contributed by atoms with E-state index in [9.17, 15) is 14.4 Å². The average Bonchev–Trinajstić information content (AvgIpc) is 3.10. The Morgan fingerprint density at radius 2 is 1.72 bits per heavy atom. The number of alkyl carbamates (subject to hydrolysis) is 1. The van der Waals surface area contributed by atoms with Crippen molar-refractivity contribution in [2.45, 2.75) is 31.7 Å². The molecule has 2 aromatic carbocycles. The van der Waals surface area contributed by atoms with E-state index in [2.05, 4.69) is 11.2 Å². The third-order valence-corrected chi connectivity index (χ3v) is 5.39. The zero-order chi connectivity index (χ0) is 23.1. The van der Waals surface area contributed by atoms with Gasteiger partial charge >= 0.3 is 12.1 Å². The lowest BCUT2D eigenvalue weighted by molar-refractivity contribution is -0.145. The van der Waals surface area contributed by atoms with E-state index in [4.69, 9.17) is 16.3 Å². The molecule has 0 radical (unpaired) electrons. The lowest BCUT2D eigenvalue weighted by atomic mass is 9.98. The van der Waals surface area contributed by atoms with Crippen LogP contribution in [0.3, 0.4) is 0 Å². The van der Waals surface area contributed by atoms with E-state index < -0.39 is 30.6 Å². The third-order valence-electron chi connectivity index (χ3n) is 5.39. The van der Waals surface area contributed by atoms with Crippen molar-refractivity contribution in [3.8, 4) is 23.5 Å². The van der Waals surface area contributed by atoms with E-state index in [-0.39, 0.29) is 25.5 Å². The zero-order valence-corrected chi connectivity index (χ0v) is 17.9. The lowest BCUT2D eigenvalue weighted by Gasteiger charge is -2.25. The van der Waals surface area contributed by atoms with Gasteiger partial charge in [-0.2, -0.15) is 0 Å². The van der Waals surface area contributed by atoms with E-state index >= 15 is 0 Å². The summed E-state index contributed by atoms with van der Waals surface area (Å²) in [5.41, 5.74) is 4.38. The number of amides is 2. The largest absolute Gasteiger partial charge is 0.480 e. The molecular formula is C25H26N2O5. The SMILES string of the molecule is C#CCC(NC(=O)OCC1c2ccccc2-c2ccccc21)C(=O)N(CCC)CC(=O)O. The van der Waals surface area contributed by atoms with Crippen LogP contribution in [0.2, 0.25) is 0 Å². The fraction of sp³-hybridized carbons (Fsp3) is 0.320. The summed E-state index contributed by atoms with van der Waals surface area (Å²) in [6.45, 7) is 1.72. The van der Waals surface area contributed by atoms with Gasteiger partial charge in [-0.25, -0.2) is 4.79 Å². The Bertz CT molecular complexity index is 997. The molecule has 2 N–H and O–H groups in total. The van der Waals surface area contributed by atoms with Crippen molar-refractivity contribution in [2.24, 2.45) is 0 Å². The van der Waals surface area contributed by atoms with Crippen LogP contribution in [-0.2, 0) is 14.3 Å². The second-order valence-corrected chi connectivity index (χ2v) is 7.58. The maximum atomic E-state index is 12.8. The number of carbonyl (C=O) groups excluding carboxylic acids is 2. The number of aliphatic carboxylic acids is 1. The van der Waals surface area contributed by atoms with E-state index in [1.807, 2.05) is 55.5 Å². The van der Waals surface area contributed by atoms with Crippen molar-refractivity contribution in [2.75, 3.05) is 19.7 Å². The zero-order valence-electron chi connectivity index (χ0n) is 17.9. The van der Waals surface area contributed by atoms with Crippen molar-refractivity contribution in [3.05, 3.63) is 59.7 Å². The minimum absolute atomic E-state index is 0.0666. The molecule has 32 heavy (non-hydrogen) atoms. The Morgan fingerprint density at radius 1 is 1.12 bits per heavy atom. The molecular weight excluding hydrogens is 408 g/mol. The molecule has 0 fully saturated rings. The van der Waals surface area contributed by atoms with Crippen LogP contribution in [0, 0.1) is 12.3 Å². The number of fused-ring (bicyclic) bond motifs is 3. The number of terminal acetylenes is 1. The first-order chi connectivity index (χ1) is 15.5. The van der Waals surface area contributed by atoms with E-state index in [1.165, 1.54) is 4.90 Å². The van der Waals surface area contributed by atoms with Gasteiger partial charge in [0, 0.05) is 18.9 Å². The van der Waals surface area contributed by atoms with Crippen LogP contribution in [-0.4, -0.2) is 53.7 Å². The van der Waals surface area contributed by atoms with Crippen LogP contribution >= 0.6 is 0 Å². The second-order valence-electron chi connectivity index (χ2n) is 7.58. The molecule has 2 amide bonds. The summed E-state index contributed by atoms with van der Waals surface area (Å²) < 4.78 is 5.48. The summed E-state index contributed by atoms with van der Waals surface area (Å²) in [7, 11) is 0. The molecule has 0 heterocycles. The molecule has 1 aliphatic carbocycles. The molecule has 3 rings (SSSR count). The molecule has 0 spiro atoms. The van der Waals surface area contributed by atoms with Crippen LogP contribution in [0.1, 0.15) is 36.8 Å². The Labute approximate surface area is 187 Å². The van der Waals surface area contributed by atoms with Gasteiger partial charge in [0.15, 0.2) is 0 Å². The van der Waals surface area contributed by atoms with Gasteiger partial charge < -0.3 is 20.1 Å². The number of benzene rings is 2. The van der Waals surface area contributed by atoms with E-state index in [0.717, 1.165) is 22.3 Å². The molecule has 1 unspecified atom stereocenters. The Hall–Kier alpha value is -3.79. The Kier molecular flexibility index (Phi) is 7.50. The molecule has 7 nitrogen and oxygen atoms in total. The summed E-state index contributed by atoms with van der Waals surface area (Å²) >= 11 is 0. The number of ether oxygens (including phenoxy) is 1. The predicted molar refractivity (Wildman–Crippen MR) is 120 cm³/mol. The van der Waals surface area contributed by atoms with Crippen molar-refractivity contribution in [1.82, 2.24) is 10.2 Å². The molecule has 0 saturated heterocycles. The molecule has 0 saturated carbocycles. The number of nitrogens with one attached hydrogen (secondary N) is 1. The van der Waals surface area contributed by atoms with Gasteiger partial charge in [-0.15, -0.1) is 12.3 Å². The topological polar surface area (TPSA) is 95.9 Å². The summed E-state index contributed by atoms with van der Waals surface area (Å²) in [4.78, 5) is 37.6. The third kappa shape index (κ3) is 5.09. The van der Waals surface area contributed by atoms with Crippen LogP contribution in [0.5, 0.6) is 0 Å². The number of hydrogen-bond acceptors (Lipinski definition) is 4. The van der Waals surface area contributed by atoms with Crippen molar-refractivity contribution in [1.29, 1.82) is 0 Å². The smallest absolute Gasteiger partial charge is 0.407 e. The monoisotopic (exact) mass is 434 g/mol. The van der Waals surface area contributed by atoms with Gasteiger partial charge in [0.05, 0.1) is 0 Å². The normalized spacial score (nSPS) is 12.8. The second kappa shape index (κ2) is 10.5. The van der Waals surface area contributed by atoms with Gasteiger partial charge in [-0.1, -0.05) is 55.5 Å². The van der Waals surface area contributed by atoms with Crippen LogP contribution < -0.4 is 5.32 Å². The Balaban J connectivity index is 1.68. The summed E-state index contributed by atoms with van der Waals surface area (Å²) in [5, 5.41) is 11.6. The minimum atomic E-state index is -1.13. The molecule has 0 bridgehead atoms. The predicted octanol–water partition coefficient (Wildman–Crippen LogP) is 3.24. The maximum Gasteiger partial charge on any atom is 0.407 e. The molecule has 2 aromatic rings. The van der Waals surface area contributed by atoms with Crippen molar-refractivity contribution in [3.63, 3.8) is 0 Å². The first-order valence-corrected chi connectivity index (χ1v) is 10.5. The molecule has 1 atom stereocenters. The number of hydrogen-bond donors (Lipinski definition) is 2. The first-order valence-electron chi connectivity index (χ1n) is 10.5. The highest BCUT2D eigenvalue weighted by molar-refractivity contribution is 5.88. The van der Waals surface area contributed by atoms with Gasteiger partial charge in [-0.3, -0.25) is 9.59 Å². The Morgan fingerprint density at radius 3 is 2.25 bits per heavy atom. The minimum Gasteiger partial charge on any atom is -0.480 e. The highest BCUT2D eigenvalue weighted by Crippen LogP contribution is 2.44. The summed E-state index contributed by atoms with van der Waals surface area (Å²) in [5.74, 6) is 0.577. The molecule has 166 valence electrons. The number of carboxylic acid groups (broad SMARTS) is 1. The molecule has 1 aliphatic rings. The summed E-state index contributed by atoms with van der Waals surface area (Å²) in [6.07, 6.45) is 5.11. The lowest BCUT2D eigenvalue weighted by Crippen LogP contribution is -2.50. The van der Waals surface area contributed by atoms with Gasteiger partial charge in [0.2, 0.25) is 5.91 Å². The molecule has 0 aliphatic heterocycles. The van der Waals surface area contributed by atoms with Gasteiger partial charge in [0.1, 0.15) is 19.2 Å². The number of carboxylic acids is 1. The standard InChI is InChI=1S/C25H26N2O5/c1-3-9-22(24(30)27(14-4-2)15-23(28)29)26-25(31)32-16-21-19-12-7-5-10-17(19)18-11-6-8-13-20(18)21/h1,5-8,10-13,21-22H,4,9,14-16H2,2H3,(H,26,31)(H,28,29). The fourth-order valence-electron chi connectivity index (χ4n) is 4.02. The molecule has 0 aromatic heterocycles. The van der Waals surface area contributed by atoms with E-state index in [1.54, 1.807) is 0 Å². The highest BCUT2D eigenvalue weighted by atomic mass is 16.5. The first kappa shape index (κ1) is 22.9. The van der Waals surface area contributed by atoms with E-state index in [0.29, 0.717) is 6.42 Å². The molecule has 7 heteroatoms. The van der Waals surface area contributed by atoms with Crippen LogP contribution in [0.4, 0.5) is 4.79 Å². The number of nitrogens with zero attached hydrogens (tertiary/aromatic N) is 1. The van der Waals surface area contributed by atoms with Gasteiger partial charge in [0.25, 0.3) is 0 Å². The van der Waals surface area contributed by atoms with Crippen molar-refractivity contribution >= 4 is 18.0 Å². The van der Waals surface area contributed by atoms with Crippen molar-refractivity contribution < 1.29 is 24.2 Å². The number of carbonyl (C=O) groups is 3. The maximum absolute atomic E-state index is 12.8. The highest BCUT2D eigenvalue weighted by Gasteiger charge is 2.30. The quantitative estimate of drug-likeness (QED) is 0.591. The van der Waals surface area contributed by atoms with Crippen LogP contribution in [0.15, 0.2) is 48.5 Å². The van der Waals surface area contributed by atoms with Gasteiger partial charge in [-0.05, 0) is 28.7 Å². The van der Waals surface area contributed by atoms with Crippen LogP contribution in [0.25, 0.3) is 11.1 Å². The summed E-state index contributed by atoms with van der Waals surface area (Å²) in [6, 6.07) is 14.9.